The molecule has 18 nitrogen and oxygen atoms in total. The summed E-state index contributed by atoms with van der Waals surface area (Å²) in [6.07, 6.45) is 24.8. The second-order valence-electron chi connectivity index (χ2n) is 37.4. The minimum absolute atomic E-state index is 0.0194. The van der Waals surface area contributed by atoms with E-state index in [4.69, 9.17) is 28.4 Å². The molecule has 6 heterocycles. The number of carbonyl (C=O) groups excluding carboxylic acids is 7. The molecule has 18 rings (SSSR count). The van der Waals surface area contributed by atoms with Gasteiger partial charge in [-0.2, -0.15) is 0 Å². The lowest BCUT2D eigenvalue weighted by atomic mass is 9.44. The lowest BCUT2D eigenvalue weighted by Gasteiger charge is -2.58. The minimum Gasteiger partial charge on any atom is -0.458 e. The topological polar surface area (TPSA) is 286 Å². The van der Waals surface area contributed by atoms with Crippen LogP contribution in [0.25, 0.3) is 0 Å². The molecule has 0 bridgehead atoms. The van der Waals surface area contributed by atoms with Gasteiger partial charge in [-0.25, -0.2) is 14.4 Å². The molecular weight excluding hydrogens is 1300 g/mol. The molecule has 32 atom stereocenters. The van der Waals surface area contributed by atoms with Gasteiger partial charge >= 0.3 is 17.9 Å². The molecule has 0 aromatic heterocycles. The van der Waals surface area contributed by atoms with Crippen molar-refractivity contribution < 1.29 is 87.5 Å². The number of aliphatic hydroxyl groups is 5. The fourth-order valence-corrected chi connectivity index (χ4v) is 28.9. The molecule has 12 aliphatic carbocycles. The Morgan fingerprint density at radius 2 is 0.716 bits per heavy atom. The van der Waals surface area contributed by atoms with Crippen LogP contribution in [0.1, 0.15) is 199 Å². The monoisotopic (exact) mass is 1410 g/mol. The van der Waals surface area contributed by atoms with Gasteiger partial charge in [0.15, 0.2) is 28.7 Å². The highest BCUT2D eigenvalue weighted by Crippen LogP contribution is 2.77. The standard InChI is InChI=1S/2C28H38O6.C28H36O6/c3*1-14-11-21(33-25(32)17(14)13-29)15(2)18-5-6-19-16-12-24-28(34-24)23(31)8-7-22(30)27(28,4)20(16)9-10-26(18,19)3/h2*7-8,15-16,18-21,23-24,29,31H,5-6,9-13H2,1-4H3;7-8,15-16,18-21,24,29H,5-6,9-13H2,1-4H3/t15-,16?,18?,19?,20?,21?,23+,24+,26+,27-,28+;15-,16?,18?,19?,20?,21?,23-,24+,26+,27-,28+;15-,16?,18?,19?,20?,21?,24+,26+,27-,28+/m000/s1. The Morgan fingerprint density at radius 3 is 1.05 bits per heavy atom. The predicted molar refractivity (Wildman–Crippen MR) is 372 cm³/mol. The van der Waals surface area contributed by atoms with Gasteiger partial charge in [-0.1, -0.05) is 58.3 Å². The molecule has 3 saturated heterocycles. The highest BCUT2D eigenvalue weighted by molar-refractivity contribution is 6.15. The smallest absolute Gasteiger partial charge is 0.336 e. The van der Waals surface area contributed by atoms with E-state index in [0.717, 1.165) is 113 Å². The SMILES string of the molecule is CC1=C(CO)C(=O)OC([C@@H](C)C2CCC3C4C[C@H]5O[C@]56C(=O)C=CC(=O)[C@]6(C)C4CC[C@@]32C)C1.CC1=C(CO)C(=O)OC([C@@H](C)C2CCC3C4C[C@H]5O[C@]56[C@@H](O)C=CC(=O)[C@]6(C)C4CC[C@@]32C)C1.CC1=C(CO)C(=O)OC([C@@H](C)C2CCC3C4C[C@H]5O[C@]56[C@H](O)C=CC(=O)[C@]6(C)C4CC[C@@]32C)C1. The lowest BCUT2D eigenvalue weighted by Crippen LogP contribution is -2.63. The Labute approximate surface area is 601 Å². The van der Waals surface area contributed by atoms with E-state index in [0.29, 0.717) is 89.2 Å². The molecule has 9 saturated carbocycles. The van der Waals surface area contributed by atoms with Crippen LogP contribution in [0.5, 0.6) is 0 Å². The quantitative estimate of drug-likeness (QED) is 0.0815. The average Bonchev–Trinajstić information content (AvgIpc) is 1.50. The first-order valence-corrected chi connectivity index (χ1v) is 39.4. The number of ketones is 4. The van der Waals surface area contributed by atoms with Gasteiger partial charge in [0.1, 0.15) is 41.7 Å². The van der Waals surface area contributed by atoms with Crippen molar-refractivity contribution in [2.24, 2.45) is 121 Å². The van der Waals surface area contributed by atoms with E-state index in [9.17, 15) is 59.1 Å². The zero-order valence-electron chi connectivity index (χ0n) is 62.1. The van der Waals surface area contributed by atoms with Gasteiger partial charge in [-0.3, -0.25) is 19.2 Å². The van der Waals surface area contributed by atoms with Crippen molar-refractivity contribution in [2.45, 2.75) is 264 Å². The number of hydrogen-bond acceptors (Lipinski definition) is 18. The van der Waals surface area contributed by atoms with Crippen LogP contribution in [-0.4, -0.2) is 152 Å². The normalized spacial score (nSPS) is 51.6. The Morgan fingerprint density at radius 1 is 0.402 bits per heavy atom. The number of hydrogen-bond donors (Lipinski definition) is 5. The highest BCUT2D eigenvalue weighted by Gasteiger charge is 2.84. The summed E-state index contributed by atoms with van der Waals surface area (Å²) in [6, 6.07) is 0. The fraction of sp³-hybridized carbons (Fsp3) is 0.774. The number of carbonyl (C=O) groups is 7. The van der Waals surface area contributed by atoms with Crippen LogP contribution in [0, 0.1) is 121 Å². The molecule has 3 spiro atoms. The zero-order valence-corrected chi connectivity index (χ0v) is 62.1. The van der Waals surface area contributed by atoms with E-state index in [1.165, 1.54) is 12.2 Å². The molecule has 6 aliphatic heterocycles. The number of allylic oxidation sites excluding steroid dienone is 3. The number of cyclic esters (lactones) is 3. The predicted octanol–water partition coefficient (Wildman–Crippen LogP) is 10.3. The maximum atomic E-state index is 13.3. The number of epoxide rings is 3. The second-order valence-corrected chi connectivity index (χ2v) is 37.4. The fourth-order valence-electron chi connectivity index (χ4n) is 28.9. The molecule has 12 fully saturated rings. The van der Waals surface area contributed by atoms with Crippen molar-refractivity contribution in [3.63, 3.8) is 0 Å². The Hall–Kier alpha value is -4.79. The Balaban J connectivity index is 0.000000118. The average molecular weight is 1410 g/mol. The summed E-state index contributed by atoms with van der Waals surface area (Å²) in [6.45, 7) is 25.1. The van der Waals surface area contributed by atoms with Crippen LogP contribution in [0.15, 0.2) is 69.9 Å². The molecule has 5 N–H and O–H groups in total. The van der Waals surface area contributed by atoms with Gasteiger partial charge < -0.3 is 54.0 Å². The van der Waals surface area contributed by atoms with Gasteiger partial charge in [0, 0.05) is 19.3 Å². The van der Waals surface area contributed by atoms with E-state index in [1.807, 2.05) is 27.7 Å². The van der Waals surface area contributed by atoms with Crippen LogP contribution in [-0.2, 0) is 62.0 Å². The molecule has 556 valence electrons. The molecule has 15 unspecified atom stereocenters. The number of rotatable bonds is 9. The van der Waals surface area contributed by atoms with Gasteiger partial charge in [0.25, 0.3) is 0 Å². The molecule has 0 radical (unpaired) electrons. The molecule has 0 aromatic rings. The van der Waals surface area contributed by atoms with Crippen LogP contribution in [0.3, 0.4) is 0 Å². The van der Waals surface area contributed by atoms with Crippen LogP contribution >= 0.6 is 0 Å². The summed E-state index contributed by atoms with van der Waals surface area (Å²) in [7, 11) is 0. The number of ether oxygens (including phenoxy) is 6. The highest BCUT2D eigenvalue weighted by atomic mass is 16.6. The van der Waals surface area contributed by atoms with Gasteiger partial charge in [-0.05, 0) is 279 Å². The first-order valence-electron chi connectivity index (χ1n) is 39.4. The van der Waals surface area contributed by atoms with E-state index < -0.39 is 45.3 Å². The third-order valence-corrected chi connectivity index (χ3v) is 34.6. The first-order chi connectivity index (χ1) is 48.3. The Kier molecular flexibility index (Phi) is 16.9. The molecule has 0 amide bonds. The summed E-state index contributed by atoms with van der Waals surface area (Å²) in [5.74, 6) is 4.57. The molecule has 18 aliphatic rings. The molecule has 18 heteroatoms. The minimum atomic E-state index is -0.913. The van der Waals surface area contributed by atoms with Gasteiger partial charge in [0.2, 0.25) is 0 Å². The molecule has 0 aromatic carbocycles. The van der Waals surface area contributed by atoms with E-state index >= 15 is 0 Å². The first kappa shape index (κ1) is 71.5. The third-order valence-electron chi connectivity index (χ3n) is 34.6. The number of esters is 3. The maximum absolute atomic E-state index is 13.3. The summed E-state index contributed by atoms with van der Waals surface area (Å²) in [5.41, 5.74) is 0.0560. The third kappa shape index (κ3) is 9.31. The van der Waals surface area contributed by atoms with Crippen LogP contribution in [0.4, 0.5) is 0 Å². The summed E-state index contributed by atoms with van der Waals surface area (Å²) < 4.78 is 36.1. The van der Waals surface area contributed by atoms with Crippen molar-refractivity contribution >= 4 is 41.0 Å². The molecular formula is C84H112O18. The number of aliphatic hydroxyl groups excluding tert-OH is 5. The van der Waals surface area contributed by atoms with Gasteiger partial charge in [-0.15, -0.1) is 0 Å². The summed E-state index contributed by atoms with van der Waals surface area (Å²) >= 11 is 0. The largest absolute Gasteiger partial charge is 0.458 e. The lowest BCUT2D eigenvalue weighted by molar-refractivity contribution is -0.156. The second kappa shape index (κ2) is 24.1. The van der Waals surface area contributed by atoms with E-state index in [2.05, 4.69) is 55.4 Å². The van der Waals surface area contributed by atoms with Gasteiger partial charge in [0.05, 0.1) is 71.1 Å². The van der Waals surface area contributed by atoms with Crippen molar-refractivity contribution in [1.82, 2.24) is 0 Å². The van der Waals surface area contributed by atoms with Crippen molar-refractivity contribution in [2.75, 3.05) is 19.8 Å². The summed E-state index contributed by atoms with van der Waals surface area (Å²) in [4.78, 5) is 90.2. The Bertz CT molecular complexity index is 3640. The van der Waals surface area contributed by atoms with E-state index in [-0.39, 0.29) is 149 Å². The molecule has 102 heavy (non-hydrogen) atoms. The van der Waals surface area contributed by atoms with Crippen LogP contribution in [0.2, 0.25) is 0 Å². The van der Waals surface area contributed by atoms with Crippen molar-refractivity contribution in [3.05, 3.63) is 69.9 Å². The number of fused-ring (bicyclic) bond motifs is 12. The van der Waals surface area contributed by atoms with Crippen molar-refractivity contribution in [3.8, 4) is 0 Å². The summed E-state index contributed by atoms with van der Waals surface area (Å²) in [5, 5.41) is 50.2. The van der Waals surface area contributed by atoms with Crippen molar-refractivity contribution in [1.29, 1.82) is 0 Å². The maximum Gasteiger partial charge on any atom is 0.336 e. The van der Waals surface area contributed by atoms with Crippen LogP contribution < -0.4 is 0 Å². The zero-order chi connectivity index (χ0) is 72.6. The van der Waals surface area contributed by atoms with E-state index in [1.54, 1.807) is 24.3 Å².